The van der Waals surface area contributed by atoms with Crippen molar-refractivity contribution >= 4 is 15.7 Å². The van der Waals surface area contributed by atoms with E-state index >= 15 is 0 Å². The summed E-state index contributed by atoms with van der Waals surface area (Å²) >= 11 is 0. The summed E-state index contributed by atoms with van der Waals surface area (Å²) in [6.45, 7) is 3.65. The first kappa shape index (κ1) is 15.5. The van der Waals surface area contributed by atoms with Gasteiger partial charge in [-0.25, -0.2) is 12.8 Å². The highest BCUT2D eigenvalue weighted by Crippen LogP contribution is 2.24. The summed E-state index contributed by atoms with van der Waals surface area (Å²) in [7, 11) is -3.78. The molecule has 0 saturated carbocycles. The number of halogens is 1. The number of anilines is 1. The fourth-order valence-electron chi connectivity index (χ4n) is 2.18. The smallest absolute Gasteiger partial charge is 0.262 e. The van der Waals surface area contributed by atoms with Crippen molar-refractivity contribution in [3.05, 3.63) is 58.9 Å². The summed E-state index contributed by atoms with van der Waals surface area (Å²) in [5, 5.41) is 0. The molecule has 0 fully saturated rings. The number of nitrogens with two attached hydrogens (primary N) is 1. The zero-order chi connectivity index (χ0) is 15.6. The Kier molecular flexibility index (Phi) is 4.29. The molecule has 112 valence electrons. The Hall–Kier alpha value is -1.92. The number of nitrogens with one attached hydrogen (secondary N) is 1. The lowest BCUT2D eigenvalue weighted by Crippen LogP contribution is -2.16. The van der Waals surface area contributed by atoms with E-state index in [4.69, 9.17) is 5.73 Å². The summed E-state index contributed by atoms with van der Waals surface area (Å²) in [6.07, 6.45) is 0. The standard InChI is InChI=1S/C15H17FN2O2S/c1-10-4-3-5-14(13(10)9-17)18-21(19,20)15-7-6-12(16)8-11(15)2/h3-8,18H,9,17H2,1-2H3. The second-order valence-electron chi connectivity index (χ2n) is 4.82. The van der Waals surface area contributed by atoms with Gasteiger partial charge in [0.05, 0.1) is 10.6 Å². The van der Waals surface area contributed by atoms with Crippen LogP contribution in [0.15, 0.2) is 41.3 Å². The third-order valence-electron chi connectivity index (χ3n) is 3.29. The molecule has 0 amide bonds. The first-order chi connectivity index (χ1) is 9.85. The molecule has 0 spiro atoms. The van der Waals surface area contributed by atoms with Gasteiger partial charge in [-0.3, -0.25) is 4.72 Å². The van der Waals surface area contributed by atoms with Crippen molar-refractivity contribution < 1.29 is 12.8 Å². The monoisotopic (exact) mass is 308 g/mol. The van der Waals surface area contributed by atoms with Crippen LogP contribution in [0.4, 0.5) is 10.1 Å². The molecule has 0 aliphatic heterocycles. The molecule has 0 bridgehead atoms. The molecule has 0 radical (unpaired) electrons. The predicted molar refractivity (Wildman–Crippen MR) is 81.0 cm³/mol. The van der Waals surface area contributed by atoms with Crippen LogP contribution in [0.25, 0.3) is 0 Å². The van der Waals surface area contributed by atoms with E-state index < -0.39 is 15.8 Å². The first-order valence-electron chi connectivity index (χ1n) is 6.42. The van der Waals surface area contributed by atoms with Gasteiger partial charge in [-0.2, -0.15) is 0 Å². The van der Waals surface area contributed by atoms with Crippen LogP contribution >= 0.6 is 0 Å². The molecule has 0 heterocycles. The van der Waals surface area contributed by atoms with Gasteiger partial charge < -0.3 is 5.73 Å². The number of sulfonamides is 1. The second kappa shape index (κ2) is 5.83. The average Bonchev–Trinajstić information content (AvgIpc) is 2.38. The molecule has 0 aliphatic rings. The lowest BCUT2D eigenvalue weighted by atomic mass is 10.1. The van der Waals surface area contributed by atoms with Gasteiger partial charge >= 0.3 is 0 Å². The van der Waals surface area contributed by atoms with Gasteiger partial charge in [-0.05, 0) is 54.8 Å². The van der Waals surface area contributed by atoms with E-state index in [0.717, 1.165) is 17.2 Å². The molecule has 0 atom stereocenters. The van der Waals surface area contributed by atoms with Gasteiger partial charge in [0.2, 0.25) is 0 Å². The van der Waals surface area contributed by atoms with E-state index in [9.17, 15) is 12.8 Å². The van der Waals surface area contributed by atoms with Gasteiger partial charge in [0.1, 0.15) is 5.82 Å². The minimum Gasteiger partial charge on any atom is -0.326 e. The minimum atomic E-state index is -3.78. The van der Waals surface area contributed by atoms with Crippen molar-refractivity contribution in [1.82, 2.24) is 0 Å². The first-order valence-corrected chi connectivity index (χ1v) is 7.91. The van der Waals surface area contributed by atoms with Crippen LogP contribution < -0.4 is 10.5 Å². The molecule has 0 aliphatic carbocycles. The van der Waals surface area contributed by atoms with Crippen LogP contribution in [0.1, 0.15) is 16.7 Å². The van der Waals surface area contributed by atoms with Gasteiger partial charge in [-0.15, -0.1) is 0 Å². The summed E-state index contributed by atoms with van der Waals surface area (Å²) < 4.78 is 40.5. The lowest BCUT2D eigenvalue weighted by Gasteiger charge is -2.14. The van der Waals surface area contributed by atoms with Crippen LogP contribution in [0, 0.1) is 19.7 Å². The highest BCUT2D eigenvalue weighted by Gasteiger charge is 2.18. The number of rotatable bonds is 4. The Morgan fingerprint density at radius 3 is 2.48 bits per heavy atom. The number of aryl methyl sites for hydroxylation is 2. The molecule has 4 nitrogen and oxygen atoms in total. The number of benzene rings is 2. The zero-order valence-electron chi connectivity index (χ0n) is 11.9. The van der Waals surface area contributed by atoms with Crippen LogP contribution in [0.5, 0.6) is 0 Å². The van der Waals surface area contributed by atoms with Crippen molar-refractivity contribution in [2.24, 2.45) is 5.73 Å². The third-order valence-corrected chi connectivity index (χ3v) is 4.81. The molecule has 0 aromatic heterocycles. The second-order valence-corrected chi connectivity index (χ2v) is 6.47. The summed E-state index contributed by atoms with van der Waals surface area (Å²) in [6, 6.07) is 8.85. The molecule has 0 unspecified atom stereocenters. The SMILES string of the molecule is Cc1cc(F)ccc1S(=O)(=O)Nc1cccc(C)c1CN. The van der Waals surface area contributed by atoms with Crippen molar-refractivity contribution in [3.8, 4) is 0 Å². The van der Waals surface area contributed by atoms with Crippen LogP contribution in [0.3, 0.4) is 0 Å². The van der Waals surface area contributed by atoms with E-state index in [0.29, 0.717) is 11.3 Å². The van der Waals surface area contributed by atoms with Gasteiger partial charge in [0, 0.05) is 6.54 Å². The van der Waals surface area contributed by atoms with Crippen molar-refractivity contribution in [3.63, 3.8) is 0 Å². The maximum Gasteiger partial charge on any atom is 0.262 e. The van der Waals surface area contributed by atoms with Crippen molar-refractivity contribution in [2.45, 2.75) is 25.3 Å². The van der Waals surface area contributed by atoms with Crippen molar-refractivity contribution in [2.75, 3.05) is 4.72 Å². The van der Waals surface area contributed by atoms with Crippen LogP contribution in [0.2, 0.25) is 0 Å². The van der Waals surface area contributed by atoms with E-state index in [1.54, 1.807) is 19.1 Å². The molecule has 21 heavy (non-hydrogen) atoms. The maximum atomic E-state index is 13.1. The Morgan fingerprint density at radius 1 is 1.14 bits per heavy atom. The Balaban J connectivity index is 2.45. The summed E-state index contributed by atoms with van der Waals surface area (Å²) in [5.74, 6) is -0.468. The largest absolute Gasteiger partial charge is 0.326 e. The van der Waals surface area contributed by atoms with Gasteiger partial charge in [0.25, 0.3) is 10.0 Å². The Morgan fingerprint density at radius 2 is 1.86 bits per heavy atom. The molecule has 2 rings (SSSR count). The average molecular weight is 308 g/mol. The fourth-order valence-corrected chi connectivity index (χ4v) is 3.50. The molecule has 6 heteroatoms. The third kappa shape index (κ3) is 3.22. The number of hydrogen-bond donors (Lipinski definition) is 2. The predicted octanol–water partition coefficient (Wildman–Crippen LogP) is 2.70. The van der Waals surface area contributed by atoms with E-state index in [2.05, 4.69) is 4.72 Å². The highest BCUT2D eigenvalue weighted by atomic mass is 32.2. The van der Waals surface area contributed by atoms with Gasteiger partial charge in [0.15, 0.2) is 0 Å². The summed E-state index contributed by atoms with van der Waals surface area (Å²) in [4.78, 5) is 0.0494. The Labute approximate surface area is 123 Å². The zero-order valence-corrected chi connectivity index (χ0v) is 12.7. The Bertz CT molecular complexity index is 773. The quantitative estimate of drug-likeness (QED) is 0.912. The summed E-state index contributed by atoms with van der Waals surface area (Å²) in [5.41, 5.74) is 8.12. The highest BCUT2D eigenvalue weighted by molar-refractivity contribution is 7.92. The van der Waals surface area contributed by atoms with Gasteiger partial charge in [-0.1, -0.05) is 12.1 Å². The van der Waals surface area contributed by atoms with E-state index in [1.807, 2.05) is 13.0 Å². The normalized spacial score (nSPS) is 11.4. The van der Waals surface area contributed by atoms with Crippen LogP contribution in [-0.2, 0) is 16.6 Å². The van der Waals surface area contributed by atoms with Crippen molar-refractivity contribution in [1.29, 1.82) is 0 Å². The molecule has 0 saturated heterocycles. The lowest BCUT2D eigenvalue weighted by molar-refractivity contribution is 0.598. The number of hydrogen-bond acceptors (Lipinski definition) is 3. The fraction of sp³-hybridized carbons (Fsp3) is 0.200. The van der Waals surface area contributed by atoms with E-state index in [1.165, 1.54) is 12.1 Å². The molecule has 3 N–H and O–H groups in total. The minimum absolute atomic E-state index is 0.0494. The molecule has 2 aromatic rings. The molecular weight excluding hydrogens is 291 g/mol. The molecular formula is C15H17FN2O2S. The topological polar surface area (TPSA) is 72.2 Å². The van der Waals surface area contributed by atoms with E-state index in [-0.39, 0.29) is 11.4 Å². The molecule has 2 aromatic carbocycles. The van der Waals surface area contributed by atoms with Crippen LogP contribution in [-0.4, -0.2) is 8.42 Å². The maximum absolute atomic E-state index is 13.1.